The lowest BCUT2D eigenvalue weighted by Crippen LogP contribution is -2.36. The van der Waals surface area contributed by atoms with Crippen LogP contribution < -0.4 is 0 Å². The summed E-state index contributed by atoms with van der Waals surface area (Å²) in [7, 11) is 0. The molecule has 1 aromatic heterocycles. The van der Waals surface area contributed by atoms with Crippen LogP contribution in [0.3, 0.4) is 0 Å². The van der Waals surface area contributed by atoms with Crippen LogP contribution in [0.15, 0.2) is 24.4 Å². The van der Waals surface area contributed by atoms with Gasteiger partial charge in [-0.15, -0.1) is 0 Å². The highest BCUT2D eigenvalue weighted by molar-refractivity contribution is 5.95. The smallest absolute Gasteiger partial charge is 0.335 e. The van der Waals surface area contributed by atoms with Gasteiger partial charge in [0.1, 0.15) is 0 Å². The van der Waals surface area contributed by atoms with Crippen molar-refractivity contribution in [1.29, 1.82) is 0 Å². The number of amides is 1. The molecule has 1 aliphatic rings. The van der Waals surface area contributed by atoms with E-state index in [1.165, 1.54) is 0 Å². The SMILES string of the molecule is Cc1c(C(=O)N2CCc3ccc(C(=O)O)cc3C2)cnn1C(C)C. The zero-order valence-electron chi connectivity index (χ0n) is 14.1. The fraction of sp³-hybridized carbons (Fsp3) is 0.389. The Labute approximate surface area is 140 Å². The van der Waals surface area contributed by atoms with E-state index in [9.17, 15) is 9.59 Å². The minimum atomic E-state index is -0.949. The van der Waals surface area contributed by atoms with Crippen molar-refractivity contribution < 1.29 is 14.7 Å². The molecule has 2 aromatic rings. The summed E-state index contributed by atoms with van der Waals surface area (Å²) in [5.74, 6) is -0.999. The highest BCUT2D eigenvalue weighted by atomic mass is 16.4. The molecule has 1 N–H and O–H groups in total. The van der Waals surface area contributed by atoms with Crippen molar-refractivity contribution in [3.05, 3.63) is 52.3 Å². The second kappa shape index (κ2) is 6.11. The number of hydrogen-bond donors (Lipinski definition) is 1. The van der Waals surface area contributed by atoms with Crippen molar-refractivity contribution in [1.82, 2.24) is 14.7 Å². The summed E-state index contributed by atoms with van der Waals surface area (Å²) < 4.78 is 1.84. The highest BCUT2D eigenvalue weighted by Gasteiger charge is 2.25. The average Bonchev–Trinajstić information content (AvgIpc) is 2.94. The van der Waals surface area contributed by atoms with Crippen LogP contribution in [0.1, 0.15) is 57.4 Å². The lowest BCUT2D eigenvalue weighted by molar-refractivity contribution is 0.0696. The first-order valence-electron chi connectivity index (χ1n) is 8.07. The first-order chi connectivity index (χ1) is 11.4. The van der Waals surface area contributed by atoms with Gasteiger partial charge in [0.25, 0.3) is 5.91 Å². The fourth-order valence-electron chi connectivity index (χ4n) is 3.19. The maximum atomic E-state index is 12.8. The van der Waals surface area contributed by atoms with Crippen molar-refractivity contribution >= 4 is 11.9 Å². The summed E-state index contributed by atoms with van der Waals surface area (Å²) in [6, 6.07) is 5.34. The molecule has 6 heteroatoms. The van der Waals surface area contributed by atoms with Crippen LogP contribution in [0.5, 0.6) is 0 Å². The molecule has 6 nitrogen and oxygen atoms in total. The van der Waals surface area contributed by atoms with Crippen molar-refractivity contribution in [3.63, 3.8) is 0 Å². The van der Waals surface area contributed by atoms with E-state index in [2.05, 4.69) is 5.10 Å². The number of carboxylic acids is 1. The molecule has 24 heavy (non-hydrogen) atoms. The number of carbonyl (C=O) groups is 2. The summed E-state index contributed by atoms with van der Waals surface area (Å²) >= 11 is 0. The third kappa shape index (κ3) is 2.79. The first kappa shape index (κ1) is 16.2. The minimum absolute atomic E-state index is 0.0502. The molecular weight excluding hydrogens is 306 g/mol. The largest absolute Gasteiger partial charge is 0.478 e. The molecule has 0 saturated heterocycles. The van der Waals surface area contributed by atoms with Gasteiger partial charge in [0.2, 0.25) is 0 Å². The van der Waals surface area contributed by atoms with Gasteiger partial charge in [-0.2, -0.15) is 5.10 Å². The van der Waals surface area contributed by atoms with E-state index < -0.39 is 5.97 Å². The normalized spacial score (nSPS) is 13.9. The standard InChI is InChI=1S/C18H21N3O3/c1-11(2)21-12(3)16(9-19-21)17(22)20-7-6-13-4-5-14(18(23)24)8-15(13)10-20/h4-5,8-9,11H,6-7,10H2,1-3H3,(H,23,24). The van der Waals surface area contributed by atoms with E-state index in [0.29, 0.717) is 18.7 Å². The average molecular weight is 327 g/mol. The maximum absolute atomic E-state index is 12.8. The van der Waals surface area contributed by atoms with E-state index >= 15 is 0 Å². The number of aromatic carboxylic acids is 1. The van der Waals surface area contributed by atoms with Gasteiger partial charge in [0.15, 0.2) is 0 Å². The van der Waals surface area contributed by atoms with Crippen LogP contribution in [0.2, 0.25) is 0 Å². The quantitative estimate of drug-likeness (QED) is 0.940. The van der Waals surface area contributed by atoms with Gasteiger partial charge < -0.3 is 10.0 Å². The topological polar surface area (TPSA) is 75.4 Å². The maximum Gasteiger partial charge on any atom is 0.335 e. The van der Waals surface area contributed by atoms with Crippen LogP contribution in [-0.4, -0.2) is 38.2 Å². The monoisotopic (exact) mass is 327 g/mol. The van der Waals surface area contributed by atoms with Crippen LogP contribution in [0.4, 0.5) is 0 Å². The Morgan fingerprint density at radius 2 is 2.00 bits per heavy atom. The summed E-state index contributed by atoms with van der Waals surface area (Å²) in [6.45, 7) is 7.02. The van der Waals surface area contributed by atoms with Crippen LogP contribution >= 0.6 is 0 Å². The van der Waals surface area contributed by atoms with Crippen molar-refractivity contribution in [2.45, 2.75) is 39.8 Å². The Morgan fingerprint density at radius 1 is 1.25 bits per heavy atom. The number of fused-ring (bicyclic) bond motifs is 1. The lowest BCUT2D eigenvalue weighted by atomic mass is 9.97. The predicted molar refractivity (Wildman–Crippen MR) is 89.2 cm³/mol. The van der Waals surface area contributed by atoms with Gasteiger partial charge in [0, 0.05) is 24.8 Å². The van der Waals surface area contributed by atoms with Gasteiger partial charge >= 0.3 is 5.97 Å². The number of aromatic nitrogens is 2. The summed E-state index contributed by atoms with van der Waals surface area (Å²) in [4.78, 5) is 25.8. The zero-order chi connectivity index (χ0) is 17.4. The van der Waals surface area contributed by atoms with E-state index in [0.717, 1.165) is 23.2 Å². The molecule has 1 aromatic carbocycles. The Balaban J connectivity index is 1.86. The number of carboxylic acid groups (broad SMARTS) is 1. The molecule has 1 aliphatic heterocycles. The van der Waals surface area contributed by atoms with E-state index in [1.54, 1.807) is 23.2 Å². The number of hydrogen-bond acceptors (Lipinski definition) is 3. The second-order valence-electron chi connectivity index (χ2n) is 6.45. The van der Waals surface area contributed by atoms with Gasteiger partial charge in [0.05, 0.1) is 17.3 Å². The van der Waals surface area contributed by atoms with Gasteiger partial charge in [-0.3, -0.25) is 9.48 Å². The van der Waals surface area contributed by atoms with Crippen molar-refractivity contribution in [3.8, 4) is 0 Å². The molecule has 126 valence electrons. The zero-order valence-corrected chi connectivity index (χ0v) is 14.1. The molecule has 3 rings (SSSR count). The molecule has 1 amide bonds. The summed E-state index contributed by atoms with van der Waals surface area (Å²) in [5, 5.41) is 13.4. The lowest BCUT2D eigenvalue weighted by Gasteiger charge is -2.29. The number of benzene rings is 1. The Hall–Kier alpha value is -2.63. The molecule has 0 bridgehead atoms. The number of carbonyl (C=O) groups excluding carboxylic acids is 1. The molecule has 0 aliphatic carbocycles. The van der Waals surface area contributed by atoms with Crippen LogP contribution in [0, 0.1) is 6.92 Å². The molecule has 2 heterocycles. The van der Waals surface area contributed by atoms with E-state index in [-0.39, 0.29) is 17.5 Å². The molecule has 0 radical (unpaired) electrons. The molecule has 0 fully saturated rings. The van der Waals surface area contributed by atoms with Crippen LogP contribution in [0.25, 0.3) is 0 Å². The Morgan fingerprint density at radius 3 is 2.62 bits per heavy atom. The van der Waals surface area contributed by atoms with Gasteiger partial charge in [-0.1, -0.05) is 6.07 Å². The third-order valence-electron chi connectivity index (χ3n) is 4.52. The molecule has 0 saturated carbocycles. The molecular formula is C18H21N3O3. The molecule has 0 spiro atoms. The molecule has 0 atom stereocenters. The van der Waals surface area contributed by atoms with Crippen molar-refractivity contribution in [2.75, 3.05) is 6.54 Å². The fourth-order valence-corrected chi connectivity index (χ4v) is 3.19. The van der Waals surface area contributed by atoms with E-state index in [1.807, 2.05) is 31.5 Å². The first-order valence-corrected chi connectivity index (χ1v) is 8.07. The summed E-state index contributed by atoms with van der Waals surface area (Å²) in [5.41, 5.74) is 3.75. The predicted octanol–water partition coefficient (Wildman–Crippen LogP) is 2.67. The van der Waals surface area contributed by atoms with Gasteiger partial charge in [-0.05, 0) is 50.5 Å². The van der Waals surface area contributed by atoms with E-state index in [4.69, 9.17) is 5.11 Å². The number of rotatable bonds is 3. The Kier molecular flexibility index (Phi) is 4.13. The summed E-state index contributed by atoms with van der Waals surface area (Å²) in [6.07, 6.45) is 2.36. The molecule has 0 unspecified atom stereocenters. The minimum Gasteiger partial charge on any atom is -0.478 e. The number of nitrogens with zero attached hydrogens (tertiary/aromatic N) is 3. The third-order valence-corrected chi connectivity index (χ3v) is 4.52. The van der Waals surface area contributed by atoms with Gasteiger partial charge in [-0.25, -0.2) is 4.79 Å². The highest BCUT2D eigenvalue weighted by Crippen LogP contribution is 2.23. The Bertz CT molecular complexity index is 808. The second-order valence-corrected chi connectivity index (χ2v) is 6.45. The van der Waals surface area contributed by atoms with Crippen molar-refractivity contribution in [2.24, 2.45) is 0 Å². The van der Waals surface area contributed by atoms with Crippen LogP contribution in [-0.2, 0) is 13.0 Å².